The largest absolute Gasteiger partial charge is 0.443 e. The average Bonchev–Trinajstić information content (AvgIpc) is 3.80. The smallest absolute Gasteiger partial charge is 0.416 e. The van der Waals surface area contributed by atoms with Crippen LogP contribution in [0.4, 0.5) is 10.6 Å². The van der Waals surface area contributed by atoms with E-state index in [0.717, 1.165) is 25.7 Å². The van der Waals surface area contributed by atoms with Crippen molar-refractivity contribution in [1.29, 1.82) is 0 Å². The number of amides is 1. The van der Waals surface area contributed by atoms with E-state index in [9.17, 15) is 9.36 Å². The summed E-state index contributed by atoms with van der Waals surface area (Å²) in [4.78, 5) is 24.3. The second-order valence-corrected chi connectivity index (χ2v) is 16.7. The highest BCUT2D eigenvalue weighted by Crippen LogP contribution is 2.61. The summed E-state index contributed by atoms with van der Waals surface area (Å²) in [6.45, 7) is 12.3. The summed E-state index contributed by atoms with van der Waals surface area (Å²) in [7, 11) is -1.02. The fourth-order valence-electron chi connectivity index (χ4n) is 6.79. The second-order valence-electron chi connectivity index (χ2n) is 14.0. The molecule has 5 rings (SSSR count). The van der Waals surface area contributed by atoms with Gasteiger partial charge in [0.2, 0.25) is 10.6 Å². The van der Waals surface area contributed by atoms with Gasteiger partial charge in [0.05, 0.1) is 44.6 Å². The number of nitrogens with zero attached hydrogens (tertiary/aromatic N) is 5. The van der Waals surface area contributed by atoms with E-state index in [4.69, 9.17) is 53.8 Å². The van der Waals surface area contributed by atoms with E-state index in [0.29, 0.717) is 16.9 Å². The molecule has 0 aromatic carbocycles. The highest BCUT2D eigenvalue weighted by atomic mass is 35.5. The first-order chi connectivity index (χ1) is 23.6. The Morgan fingerprint density at radius 3 is 2.26 bits per heavy atom. The Hall–Kier alpha value is -1.98. The van der Waals surface area contributed by atoms with Crippen LogP contribution in [-0.4, -0.2) is 114 Å². The molecule has 2 aromatic heterocycles. The topological polar surface area (TPSA) is 164 Å². The Balaban J connectivity index is 1.51. The Bertz CT molecular complexity index is 1520. The minimum absolute atomic E-state index is 0.0781. The maximum Gasteiger partial charge on any atom is 0.416 e. The molecule has 0 N–H and O–H groups in total. The van der Waals surface area contributed by atoms with Gasteiger partial charge < -0.3 is 42.2 Å². The molecule has 2 aliphatic heterocycles. The number of ether oxygens (including phenoxy) is 7. The molecule has 4 atom stereocenters. The summed E-state index contributed by atoms with van der Waals surface area (Å²) in [6, 6.07) is -0.132. The zero-order valence-corrected chi connectivity index (χ0v) is 32.0. The highest BCUT2D eigenvalue weighted by Gasteiger charge is 2.59. The van der Waals surface area contributed by atoms with Crippen LogP contribution < -0.4 is 4.90 Å². The van der Waals surface area contributed by atoms with E-state index in [1.54, 1.807) is 43.5 Å². The quantitative estimate of drug-likeness (QED) is 0.157. The van der Waals surface area contributed by atoms with Crippen molar-refractivity contribution in [3.05, 3.63) is 11.5 Å². The lowest BCUT2D eigenvalue weighted by Gasteiger charge is -2.38. The van der Waals surface area contributed by atoms with Crippen LogP contribution in [0, 0.1) is 0 Å². The number of aromatic nitrogens is 4. The lowest BCUT2D eigenvalue weighted by Crippen LogP contribution is -2.46. The van der Waals surface area contributed by atoms with Crippen molar-refractivity contribution >= 4 is 42.1 Å². The molecule has 16 nitrogen and oxygen atoms in total. The third-order valence-electron chi connectivity index (χ3n) is 8.63. The van der Waals surface area contributed by atoms with Crippen LogP contribution in [-0.2, 0) is 46.8 Å². The van der Waals surface area contributed by atoms with Gasteiger partial charge in [0, 0.05) is 20.3 Å². The van der Waals surface area contributed by atoms with Crippen LogP contribution in [0.2, 0.25) is 5.28 Å². The van der Waals surface area contributed by atoms with Crippen molar-refractivity contribution in [2.75, 3.05) is 52.2 Å². The zero-order valence-electron chi connectivity index (χ0n) is 30.4. The highest BCUT2D eigenvalue weighted by molar-refractivity contribution is 7.55. The van der Waals surface area contributed by atoms with Crippen LogP contribution in [0.3, 0.4) is 0 Å². The molecule has 3 aliphatic rings. The van der Waals surface area contributed by atoms with Gasteiger partial charge in [0.15, 0.2) is 23.5 Å². The molecule has 0 radical (unpaired) electrons. The van der Waals surface area contributed by atoms with E-state index >= 15 is 0 Å². The van der Waals surface area contributed by atoms with Crippen LogP contribution in [0.25, 0.3) is 11.0 Å². The molecule has 2 saturated heterocycles. The number of carbonyl (C=O) groups is 1. The number of hydrogen-bond donors (Lipinski definition) is 0. The Kier molecular flexibility index (Phi) is 12.2. The van der Waals surface area contributed by atoms with Gasteiger partial charge >= 0.3 is 13.7 Å². The van der Waals surface area contributed by atoms with Gasteiger partial charge in [-0.15, -0.1) is 0 Å². The van der Waals surface area contributed by atoms with Crippen LogP contribution in [0.1, 0.15) is 80.4 Å². The molecule has 2 aromatic rings. The van der Waals surface area contributed by atoms with Gasteiger partial charge in [-0.2, -0.15) is 15.1 Å². The van der Waals surface area contributed by atoms with Gasteiger partial charge in [0.1, 0.15) is 23.9 Å². The molecular formula is C32H51ClN5O11P. The summed E-state index contributed by atoms with van der Waals surface area (Å²) in [6.07, 6.45) is 1.68. The fraction of sp³-hybridized carbons (Fsp3) is 0.812. The third kappa shape index (κ3) is 7.99. The molecule has 282 valence electrons. The summed E-state index contributed by atoms with van der Waals surface area (Å²) in [5.41, 5.74) is -0.399. The van der Waals surface area contributed by atoms with Crippen LogP contribution in [0.5, 0.6) is 0 Å². The molecule has 0 unspecified atom stereocenters. The van der Waals surface area contributed by atoms with Crippen molar-refractivity contribution in [1.82, 2.24) is 19.7 Å². The monoisotopic (exact) mass is 747 g/mol. The molecule has 4 heterocycles. The van der Waals surface area contributed by atoms with E-state index in [1.165, 1.54) is 14.2 Å². The van der Waals surface area contributed by atoms with Crippen molar-refractivity contribution in [3.63, 3.8) is 0 Å². The molecule has 18 heteroatoms. The van der Waals surface area contributed by atoms with E-state index in [-0.39, 0.29) is 44.4 Å². The van der Waals surface area contributed by atoms with Crippen molar-refractivity contribution in [2.24, 2.45) is 0 Å². The number of hydrogen-bond acceptors (Lipinski definition) is 14. The number of methoxy groups -OCH3 is 2. The summed E-state index contributed by atoms with van der Waals surface area (Å²) >= 11 is 6.55. The van der Waals surface area contributed by atoms with E-state index < -0.39 is 55.0 Å². The van der Waals surface area contributed by atoms with Crippen molar-refractivity contribution < 1.29 is 51.6 Å². The number of carbonyl (C=O) groups excluding carboxylic acids is 1. The van der Waals surface area contributed by atoms with Gasteiger partial charge in [-0.3, -0.25) is 9.46 Å². The van der Waals surface area contributed by atoms with E-state index in [1.807, 2.05) is 20.8 Å². The summed E-state index contributed by atoms with van der Waals surface area (Å²) in [5.74, 6) is -0.675. The normalized spacial score (nSPS) is 24.3. The minimum atomic E-state index is -3.94. The lowest BCUT2D eigenvalue weighted by atomic mass is 10.1. The Labute approximate surface area is 298 Å². The van der Waals surface area contributed by atoms with Gasteiger partial charge in [0.25, 0.3) is 0 Å². The maximum atomic E-state index is 14.2. The van der Waals surface area contributed by atoms with Crippen LogP contribution >= 0.6 is 19.2 Å². The Morgan fingerprint density at radius 1 is 1.06 bits per heavy atom. The predicted octanol–water partition coefficient (Wildman–Crippen LogP) is 5.85. The Morgan fingerprint density at radius 2 is 1.68 bits per heavy atom. The van der Waals surface area contributed by atoms with Gasteiger partial charge in [-0.05, 0) is 72.9 Å². The second kappa shape index (κ2) is 15.6. The van der Waals surface area contributed by atoms with Gasteiger partial charge in [-0.1, -0.05) is 12.8 Å². The molecule has 1 aliphatic carbocycles. The molecule has 0 spiro atoms. The molecule has 50 heavy (non-hydrogen) atoms. The SMILES string of the molecule is CCOP(=O)(OCC)C(COC)(COC)OC[C@H]1O[C@@H](n2ncc3c(N(C(=O)OC(C)(C)C)C4CCCC4)nc(Cl)nc32)[C@@H]2OC(C)(C)O[C@@H]21. The average molecular weight is 748 g/mol. The molecule has 1 saturated carbocycles. The molecule has 1 amide bonds. The van der Waals surface area contributed by atoms with Crippen LogP contribution in [0.15, 0.2) is 6.20 Å². The predicted molar refractivity (Wildman–Crippen MR) is 182 cm³/mol. The molecule has 3 fully saturated rings. The number of anilines is 1. The first-order valence-electron chi connectivity index (χ1n) is 17.1. The molecular weight excluding hydrogens is 697 g/mol. The number of rotatable bonds is 15. The van der Waals surface area contributed by atoms with Crippen molar-refractivity contribution in [3.8, 4) is 0 Å². The standard InChI is InChI=1S/C32H51ClN5O11P/c1-10-44-50(40,45-11-2)32(18-41-8,19-42-9)43-17-22-23-24(48-31(6,7)47-23)27(46-22)38-26-21(16-34-38)25(35-28(33)36-26)37(20-14-12-13-15-20)29(39)49-30(3,4)5/h16,20,22-24,27H,10-15,17-19H2,1-9H3/t22-,23-,24-,27-/m1/s1. The number of halogens is 1. The van der Waals surface area contributed by atoms with E-state index in [2.05, 4.69) is 15.1 Å². The van der Waals surface area contributed by atoms with Gasteiger partial charge in [-0.25, -0.2) is 9.48 Å². The minimum Gasteiger partial charge on any atom is -0.443 e. The number of fused-ring (bicyclic) bond motifs is 2. The first-order valence-corrected chi connectivity index (χ1v) is 19.0. The third-order valence-corrected chi connectivity index (χ3v) is 11.4. The fourth-order valence-corrected chi connectivity index (χ4v) is 8.98. The summed E-state index contributed by atoms with van der Waals surface area (Å²) in [5, 5.41) is 3.46. The molecule has 0 bridgehead atoms. The first kappa shape index (κ1) is 39.2. The summed E-state index contributed by atoms with van der Waals surface area (Å²) < 4.78 is 69.6. The van der Waals surface area contributed by atoms with Crippen molar-refractivity contribution in [2.45, 2.75) is 121 Å². The lowest BCUT2D eigenvalue weighted by molar-refractivity contribution is -0.208. The maximum absolute atomic E-state index is 14.2. The zero-order chi connectivity index (χ0) is 36.5.